The fourth-order valence-electron chi connectivity index (χ4n) is 4.15. The van der Waals surface area contributed by atoms with E-state index >= 15 is 0 Å². The topological polar surface area (TPSA) is 111 Å². The first-order valence-corrected chi connectivity index (χ1v) is 10.8. The van der Waals surface area contributed by atoms with Gasteiger partial charge in [0.05, 0.1) is 29.2 Å². The Morgan fingerprint density at radius 3 is 2.06 bits per heavy atom. The van der Waals surface area contributed by atoms with Crippen LogP contribution >= 0.6 is 12.4 Å². The number of aromatic amines is 2. The maximum Gasteiger partial charge on any atom is 0.160 e. The lowest BCUT2D eigenvalue weighted by Crippen LogP contribution is -2.30. The molecule has 3 heterocycles. The van der Waals surface area contributed by atoms with Crippen molar-refractivity contribution in [1.82, 2.24) is 25.3 Å². The van der Waals surface area contributed by atoms with E-state index in [0.717, 1.165) is 69.9 Å². The van der Waals surface area contributed by atoms with Gasteiger partial charge < -0.3 is 25.1 Å². The molecule has 5 aromatic rings. The van der Waals surface area contributed by atoms with Crippen molar-refractivity contribution >= 4 is 40.3 Å². The number of rotatable bonds is 4. The van der Waals surface area contributed by atoms with Gasteiger partial charge in [-0.25, -0.2) is 9.97 Å². The molecule has 34 heavy (non-hydrogen) atoms. The van der Waals surface area contributed by atoms with Gasteiger partial charge in [0, 0.05) is 29.8 Å². The predicted octanol–water partition coefficient (Wildman–Crippen LogP) is 4.65. The fraction of sp³-hybridized carbons (Fsp3) is 0.160. The first-order chi connectivity index (χ1) is 16.2. The molecule has 0 unspecified atom stereocenters. The van der Waals surface area contributed by atoms with Crippen molar-refractivity contribution < 1.29 is 9.84 Å². The van der Waals surface area contributed by atoms with Gasteiger partial charge in [0.2, 0.25) is 0 Å². The molecule has 4 N–H and O–H groups in total. The van der Waals surface area contributed by atoms with E-state index < -0.39 is 0 Å². The summed E-state index contributed by atoms with van der Waals surface area (Å²) in [5.41, 5.74) is 6.40. The fourth-order valence-corrected chi connectivity index (χ4v) is 4.15. The molecular weight excluding hydrogens is 452 g/mol. The number of benzene rings is 3. The van der Waals surface area contributed by atoms with Crippen molar-refractivity contribution in [2.24, 2.45) is 4.99 Å². The van der Waals surface area contributed by atoms with E-state index in [1.165, 1.54) is 7.11 Å². The first kappa shape index (κ1) is 21.8. The van der Waals surface area contributed by atoms with Crippen LogP contribution in [0.2, 0.25) is 0 Å². The summed E-state index contributed by atoms with van der Waals surface area (Å²) in [6.45, 7) is 1.81. The van der Waals surface area contributed by atoms with Crippen LogP contribution in [-0.4, -0.2) is 51.1 Å². The Bertz CT molecular complexity index is 1540. The summed E-state index contributed by atoms with van der Waals surface area (Å²) >= 11 is 0. The third kappa shape index (κ3) is 3.82. The van der Waals surface area contributed by atoms with Gasteiger partial charge in [-0.1, -0.05) is 0 Å². The largest absolute Gasteiger partial charge is 0.504 e. The molecular formula is C25H23ClN6O2. The third-order valence-electron chi connectivity index (χ3n) is 5.86. The molecule has 0 spiro atoms. The number of fused-ring (bicyclic) bond motifs is 2. The first-order valence-electron chi connectivity index (χ1n) is 10.8. The number of amidine groups is 1. The van der Waals surface area contributed by atoms with Gasteiger partial charge in [0.15, 0.2) is 11.5 Å². The lowest BCUT2D eigenvalue weighted by molar-refractivity contribution is 0.373. The van der Waals surface area contributed by atoms with Crippen LogP contribution in [-0.2, 0) is 0 Å². The maximum atomic E-state index is 10.1. The number of halogens is 1. The van der Waals surface area contributed by atoms with Crippen LogP contribution in [0.3, 0.4) is 0 Å². The SMILES string of the molecule is COc1ccc(-c2nc3ccc(-c4nc5ccc(C6=NCCCN6)cc5[nH]4)cc3[nH]2)cc1O.Cl. The van der Waals surface area contributed by atoms with Crippen LogP contribution in [0.1, 0.15) is 12.0 Å². The molecule has 2 aromatic heterocycles. The molecule has 0 fully saturated rings. The Labute approximate surface area is 201 Å². The highest BCUT2D eigenvalue weighted by Crippen LogP contribution is 2.32. The number of imidazole rings is 2. The molecule has 172 valence electrons. The quantitative estimate of drug-likeness (QED) is 0.303. The second-order valence-corrected chi connectivity index (χ2v) is 8.03. The average molecular weight is 475 g/mol. The molecule has 8 nitrogen and oxygen atoms in total. The van der Waals surface area contributed by atoms with Gasteiger partial charge in [0.25, 0.3) is 0 Å². The molecule has 1 aliphatic rings. The number of methoxy groups -OCH3 is 1. The summed E-state index contributed by atoms with van der Waals surface area (Å²) in [6, 6.07) is 17.4. The van der Waals surface area contributed by atoms with E-state index in [2.05, 4.69) is 37.4 Å². The van der Waals surface area contributed by atoms with Gasteiger partial charge in [0.1, 0.15) is 17.5 Å². The molecule has 0 amide bonds. The van der Waals surface area contributed by atoms with Crippen molar-refractivity contribution in [1.29, 1.82) is 0 Å². The molecule has 9 heteroatoms. The highest BCUT2D eigenvalue weighted by Gasteiger charge is 2.13. The number of aliphatic imine (C=N–C) groups is 1. The number of aromatic nitrogens is 4. The highest BCUT2D eigenvalue weighted by atomic mass is 35.5. The average Bonchev–Trinajstić information content (AvgIpc) is 3.48. The lowest BCUT2D eigenvalue weighted by atomic mass is 10.1. The van der Waals surface area contributed by atoms with Crippen LogP contribution < -0.4 is 10.1 Å². The summed E-state index contributed by atoms with van der Waals surface area (Å²) in [7, 11) is 1.53. The Morgan fingerprint density at radius 2 is 1.44 bits per heavy atom. The Kier molecular flexibility index (Phi) is 5.59. The third-order valence-corrected chi connectivity index (χ3v) is 5.86. The molecule has 0 aliphatic carbocycles. The standard InChI is InChI=1S/C25H22N6O2.ClH/c1-33-22-8-5-16(13-21(22)32)25-29-18-7-4-15(12-20(18)31-25)24-28-17-6-3-14(11-19(17)30-24)23-26-9-2-10-27-23;/h3-8,11-13,32H,2,9-10H2,1H3,(H,26,27)(H,28,30)(H,29,31);1H. The van der Waals surface area contributed by atoms with E-state index in [0.29, 0.717) is 11.6 Å². The van der Waals surface area contributed by atoms with Crippen LogP contribution in [0.15, 0.2) is 59.6 Å². The van der Waals surface area contributed by atoms with Crippen LogP contribution in [0.5, 0.6) is 11.5 Å². The number of nitrogens with zero attached hydrogens (tertiary/aromatic N) is 3. The lowest BCUT2D eigenvalue weighted by Gasteiger charge is -2.14. The van der Waals surface area contributed by atoms with E-state index in [9.17, 15) is 5.11 Å². The zero-order valence-electron chi connectivity index (χ0n) is 18.4. The summed E-state index contributed by atoms with van der Waals surface area (Å²) < 4.78 is 5.13. The van der Waals surface area contributed by atoms with Crippen molar-refractivity contribution in [2.75, 3.05) is 20.2 Å². The number of phenolic OH excluding ortho intramolecular Hbond substituents is 1. The molecule has 6 rings (SSSR count). The molecule has 0 atom stereocenters. The minimum Gasteiger partial charge on any atom is -0.504 e. The van der Waals surface area contributed by atoms with Crippen molar-refractivity contribution in [3.8, 4) is 34.3 Å². The summed E-state index contributed by atoms with van der Waals surface area (Å²) in [6.07, 6.45) is 1.07. The van der Waals surface area contributed by atoms with Crippen LogP contribution in [0.4, 0.5) is 0 Å². The Balaban J connectivity index is 0.00000241. The Hall–Kier alpha value is -4.04. The maximum absolute atomic E-state index is 10.1. The molecule has 3 aromatic carbocycles. The van der Waals surface area contributed by atoms with Gasteiger partial charge in [-0.3, -0.25) is 4.99 Å². The molecule has 0 radical (unpaired) electrons. The van der Waals surface area contributed by atoms with Crippen LogP contribution in [0, 0.1) is 0 Å². The predicted molar refractivity (Wildman–Crippen MR) is 136 cm³/mol. The number of nitrogens with one attached hydrogen (secondary N) is 3. The zero-order chi connectivity index (χ0) is 22.4. The summed E-state index contributed by atoms with van der Waals surface area (Å²) in [5, 5.41) is 13.5. The Morgan fingerprint density at radius 1 is 0.824 bits per heavy atom. The van der Waals surface area contributed by atoms with E-state index in [1.54, 1.807) is 12.1 Å². The minimum absolute atomic E-state index is 0. The van der Waals surface area contributed by atoms with Crippen molar-refractivity contribution in [2.45, 2.75) is 6.42 Å². The number of hydrogen-bond acceptors (Lipinski definition) is 6. The van der Waals surface area contributed by atoms with Crippen LogP contribution in [0.25, 0.3) is 44.8 Å². The number of aromatic hydroxyl groups is 1. The van der Waals surface area contributed by atoms with E-state index in [1.807, 2.05) is 30.3 Å². The van der Waals surface area contributed by atoms with Gasteiger partial charge in [-0.15, -0.1) is 12.4 Å². The second-order valence-electron chi connectivity index (χ2n) is 8.03. The molecule has 0 bridgehead atoms. The zero-order valence-corrected chi connectivity index (χ0v) is 19.2. The van der Waals surface area contributed by atoms with Gasteiger partial charge in [-0.05, 0) is 61.0 Å². The number of phenols is 1. The molecule has 1 aliphatic heterocycles. The van der Waals surface area contributed by atoms with E-state index in [4.69, 9.17) is 9.72 Å². The normalized spacial score (nSPS) is 13.4. The molecule has 0 saturated carbocycles. The van der Waals surface area contributed by atoms with Crippen molar-refractivity contribution in [3.05, 3.63) is 60.2 Å². The number of hydrogen-bond donors (Lipinski definition) is 4. The summed E-state index contributed by atoms with van der Waals surface area (Å²) in [4.78, 5) is 20.8. The highest BCUT2D eigenvalue weighted by molar-refractivity contribution is 6.01. The monoisotopic (exact) mass is 474 g/mol. The van der Waals surface area contributed by atoms with Gasteiger partial charge in [-0.2, -0.15) is 0 Å². The smallest absolute Gasteiger partial charge is 0.160 e. The summed E-state index contributed by atoms with van der Waals surface area (Å²) in [5.74, 6) is 2.91. The molecule has 0 saturated heterocycles. The van der Waals surface area contributed by atoms with Crippen molar-refractivity contribution in [3.63, 3.8) is 0 Å². The number of H-pyrrole nitrogens is 2. The minimum atomic E-state index is 0. The second kappa shape index (κ2) is 8.72. The van der Waals surface area contributed by atoms with Gasteiger partial charge >= 0.3 is 0 Å². The van der Waals surface area contributed by atoms with E-state index in [-0.39, 0.29) is 18.2 Å². The number of ether oxygens (including phenoxy) is 1.